The molecule has 1 amide bonds. The molecule has 0 bridgehead atoms. The molecule has 0 unspecified atom stereocenters. The fraction of sp³-hybridized carbons (Fsp3) is 0.333. The molecule has 1 N–H and O–H groups in total. The van der Waals surface area contributed by atoms with Crippen LogP contribution in [0.25, 0.3) is 11.0 Å². The molecule has 1 heterocycles. The molecule has 0 aliphatic carbocycles. The van der Waals surface area contributed by atoms with E-state index in [-0.39, 0.29) is 5.56 Å². The first-order chi connectivity index (χ1) is 9.63. The maximum atomic E-state index is 12.0. The minimum Gasteiger partial charge on any atom is -0.421 e. The van der Waals surface area contributed by atoms with Crippen molar-refractivity contribution in [3.05, 3.63) is 45.3 Å². The van der Waals surface area contributed by atoms with Crippen molar-refractivity contribution in [2.75, 3.05) is 6.54 Å². The monoisotopic (exact) mass is 293 g/mol. The van der Waals surface area contributed by atoms with E-state index in [9.17, 15) is 9.59 Å². The van der Waals surface area contributed by atoms with Gasteiger partial charge in [-0.25, -0.2) is 4.79 Å². The van der Waals surface area contributed by atoms with Crippen LogP contribution in [-0.4, -0.2) is 12.5 Å². The SMILES string of the molecule is CCCCCNC(=O)c1cc2cccc(Cl)c2oc1=O. The molecule has 0 atom stereocenters. The average molecular weight is 294 g/mol. The van der Waals surface area contributed by atoms with Gasteiger partial charge in [-0.05, 0) is 18.6 Å². The van der Waals surface area contributed by atoms with Gasteiger partial charge in [0.1, 0.15) is 5.56 Å². The van der Waals surface area contributed by atoms with Gasteiger partial charge in [0, 0.05) is 11.9 Å². The number of fused-ring (bicyclic) bond motifs is 1. The summed E-state index contributed by atoms with van der Waals surface area (Å²) in [5.41, 5.74) is -0.350. The number of halogens is 1. The lowest BCUT2D eigenvalue weighted by Gasteiger charge is -2.05. The molecule has 0 spiro atoms. The molecule has 2 aromatic rings. The minimum atomic E-state index is -0.668. The fourth-order valence-electron chi connectivity index (χ4n) is 1.94. The third kappa shape index (κ3) is 3.20. The summed E-state index contributed by atoms with van der Waals surface area (Å²) in [6.07, 6.45) is 3.02. The van der Waals surface area contributed by atoms with Gasteiger partial charge >= 0.3 is 5.63 Å². The van der Waals surface area contributed by atoms with Crippen LogP contribution in [0.2, 0.25) is 5.02 Å². The van der Waals surface area contributed by atoms with Gasteiger partial charge in [0.15, 0.2) is 5.58 Å². The maximum absolute atomic E-state index is 12.0. The van der Waals surface area contributed by atoms with Crippen molar-refractivity contribution < 1.29 is 9.21 Å². The number of carbonyl (C=O) groups excluding carboxylic acids is 1. The maximum Gasteiger partial charge on any atom is 0.349 e. The van der Waals surface area contributed by atoms with Crippen LogP contribution >= 0.6 is 11.6 Å². The first kappa shape index (κ1) is 14.6. The van der Waals surface area contributed by atoms with Crippen molar-refractivity contribution in [1.82, 2.24) is 5.32 Å². The van der Waals surface area contributed by atoms with Crippen molar-refractivity contribution in [3.8, 4) is 0 Å². The summed E-state index contributed by atoms with van der Waals surface area (Å²) >= 11 is 5.95. The van der Waals surface area contributed by atoms with Crippen molar-refractivity contribution in [2.45, 2.75) is 26.2 Å². The van der Waals surface area contributed by atoms with Crippen molar-refractivity contribution in [3.63, 3.8) is 0 Å². The van der Waals surface area contributed by atoms with E-state index in [4.69, 9.17) is 16.0 Å². The molecule has 1 aromatic carbocycles. The van der Waals surface area contributed by atoms with Gasteiger partial charge in [0.25, 0.3) is 5.91 Å². The molecule has 4 nitrogen and oxygen atoms in total. The van der Waals surface area contributed by atoms with E-state index < -0.39 is 11.5 Å². The quantitative estimate of drug-likeness (QED) is 0.679. The Balaban J connectivity index is 2.24. The molecule has 20 heavy (non-hydrogen) atoms. The fourth-order valence-corrected chi connectivity index (χ4v) is 2.16. The summed E-state index contributed by atoms with van der Waals surface area (Å²) in [5.74, 6) is -0.406. The molecule has 106 valence electrons. The van der Waals surface area contributed by atoms with Crippen LogP contribution in [0.4, 0.5) is 0 Å². The van der Waals surface area contributed by atoms with Gasteiger partial charge < -0.3 is 9.73 Å². The van der Waals surface area contributed by atoms with Gasteiger partial charge in [-0.15, -0.1) is 0 Å². The molecule has 0 aliphatic rings. The van der Waals surface area contributed by atoms with Crippen LogP contribution in [0, 0.1) is 0 Å². The normalized spacial score (nSPS) is 10.7. The van der Waals surface area contributed by atoms with Crippen molar-refractivity contribution in [1.29, 1.82) is 0 Å². The molecule has 2 rings (SSSR count). The smallest absolute Gasteiger partial charge is 0.349 e. The molecule has 0 fully saturated rings. The van der Waals surface area contributed by atoms with Crippen LogP contribution in [-0.2, 0) is 0 Å². The molecule has 1 aromatic heterocycles. The largest absolute Gasteiger partial charge is 0.421 e. The summed E-state index contributed by atoms with van der Waals surface area (Å²) < 4.78 is 5.12. The summed E-state index contributed by atoms with van der Waals surface area (Å²) in [6, 6.07) is 6.64. The highest BCUT2D eigenvalue weighted by molar-refractivity contribution is 6.34. The first-order valence-electron chi connectivity index (χ1n) is 6.64. The Morgan fingerprint density at radius 2 is 2.15 bits per heavy atom. The van der Waals surface area contributed by atoms with Crippen molar-refractivity contribution >= 4 is 28.5 Å². The highest BCUT2D eigenvalue weighted by atomic mass is 35.5. The van der Waals surface area contributed by atoms with E-state index in [2.05, 4.69) is 12.2 Å². The van der Waals surface area contributed by atoms with Gasteiger partial charge in [-0.3, -0.25) is 4.79 Å². The Labute approximate surface area is 121 Å². The molecule has 0 saturated carbocycles. The lowest BCUT2D eigenvalue weighted by atomic mass is 10.1. The third-order valence-corrected chi connectivity index (χ3v) is 3.32. The zero-order valence-corrected chi connectivity index (χ0v) is 12.0. The predicted molar refractivity (Wildman–Crippen MR) is 79.4 cm³/mol. The molecular weight excluding hydrogens is 278 g/mol. The van der Waals surface area contributed by atoms with Gasteiger partial charge in [0.2, 0.25) is 0 Å². The van der Waals surface area contributed by atoms with E-state index in [0.717, 1.165) is 19.3 Å². The van der Waals surface area contributed by atoms with Crippen LogP contribution in [0.1, 0.15) is 36.5 Å². The number of hydrogen-bond donors (Lipinski definition) is 1. The molecule has 5 heteroatoms. The minimum absolute atomic E-state index is 0.0104. The highest BCUT2D eigenvalue weighted by Crippen LogP contribution is 2.22. The zero-order chi connectivity index (χ0) is 14.5. The number of nitrogens with one attached hydrogen (secondary N) is 1. The number of amides is 1. The highest BCUT2D eigenvalue weighted by Gasteiger charge is 2.14. The van der Waals surface area contributed by atoms with E-state index in [1.54, 1.807) is 18.2 Å². The Hall–Kier alpha value is -1.81. The van der Waals surface area contributed by atoms with Gasteiger partial charge in [-0.2, -0.15) is 0 Å². The number of rotatable bonds is 5. The Kier molecular flexibility index (Phi) is 4.79. The van der Waals surface area contributed by atoms with Crippen LogP contribution < -0.4 is 10.9 Å². The standard InChI is InChI=1S/C15H16ClNO3/c1-2-3-4-8-17-14(18)11-9-10-6-5-7-12(16)13(10)20-15(11)19/h5-7,9H,2-4,8H2,1H3,(H,17,18). The van der Waals surface area contributed by atoms with Crippen LogP contribution in [0.3, 0.4) is 0 Å². The number of benzene rings is 1. The lowest BCUT2D eigenvalue weighted by Crippen LogP contribution is -2.29. The average Bonchev–Trinajstić information content (AvgIpc) is 2.44. The van der Waals surface area contributed by atoms with Crippen LogP contribution in [0.5, 0.6) is 0 Å². The predicted octanol–water partition coefficient (Wildman–Crippen LogP) is 3.37. The van der Waals surface area contributed by atoms with E-state index >= 15 is 0 Å². The molecule has 0 aliphatic heterocycles. The van der Waals surface area contributed by atoms with Crippen molar-refractivity contribution in [2.24, 2.45) is 0 Å². The first-order valence-corrected chi connectivity index (χ1v) is 7.02. The second-order valence-corrected chi connectivity index (χ2v) is 4.98. The van der Waals surface area contributed by atoms with Crippen LogP contribution in [0.15, 0.2) is 33.5 Å². The molecular formula is C15H16ClNO3. The van der Waals surface area contributed by atoms with Gasteiger partial charge in [0.05, 0.1) is 5.02 Å². The van der Waals surface area contributed by atoms with E-state index in [0.29, 0.717) is 22.5 Å². The topological polar surface area (TPSA) is 59.3 Å². The second-order valence-electron chi connectivity index (χ2n) is 4.57. The second kappa shape index (κ2) is 6.57. The lowest BCUT2D eigenvalue weighted by molar-refractivity contribution is 0.0949. The summed E-state index contributed by atoms with van der Waals surface area (Å²) in [4.78, 5) is 23.8. The third-order valence-electron chi connectivity index (χ3n) is 3.02. The Morgan fingerprint density at radius 3 is 2.90 bits per heavy atom. The molecule has 0 saturated heterocycles. The van der Waals surface area contributed by atoms with Gasteiger partial charge in [-0.1, -0.05) is 43.5 Å². The van der Waals surface area contributed by atoms with E-state index in [1.807, 2.05) is 0 Å². The Bertz CT molecular complexity index is 678. The Morgan fingerprint density at radius 1 is 1.35 bits per heavy atom. The summed E-state index contributed by atoms with van der Waals surface area (Å²) in [5, 5.41) is 3.71. The number of unbranched alkanes of at least 4 members (excludes halogenated alkanes) is 2. The number of hydrogen-bond acceptors (Lipinski definition) is 3. The van der Waals surface area contributed by atoms with E-state index in [1.165, 1.54) is 6.07 Å². The molecule has 0 radical (unpaired) electrons. The summed E-state index contributed by atoms with van der Waals surface area (Å²) in [7, 11) is 0. The number of carbonyl (C=O) groups is 1. The number of para-hydroxylation sites is 1. The zero-order valence-electron chi connectivity index (χ0n) is 11.2. The summed E-state index contributed by atoms with van der Waals surface area (Å²) in [6.45, 7) is 2.64.